The summed E-state index contributed by atoms with van der Waals surface area (Å²) in [6, 6.07) is 10.1. The second-order valence-corrected chi connectivity index (χ2v) is 4.10. The molecular formula is C16H11F3O2. The summed E-state index contributed by atoms with van der Waals surface area (Å²) in [5.74, 6) is 2.79. The van der Waals surface area contributed by atoms with Crippen molar-refractivity contribution in [1.29, 1.82) is 0 Å². The van der Waals surface area contributed by atoms with Crippen molar-refractivity contribution in [3.63, 3.8) is 0 Å². The molecule has 2 aromatic carbocycles. The number of hydrogen-bond donors (Lipinski definition) is 0. The standard InChI is InChI=1S/C16H11F3O2/c1-3-11-8-9-12(10-13(11)16(17,18)19)21-15-7-5-4-6-14(15)20-2/h1,4-10H,2H3. The van der Waals surface area contributed by atoms with Gasteiger partial charge in [0.05, 0.1) is 12.7 Å². The highest BCUT2D eigenvalue weighted by Crippen LogP contribution is 2.37. The minimum Gasteiger partial charge on any atom is -0.493 e. The van der Waals surface area contributed by atoms with Crippen LogP contribution in [-0.2, 0) is 6.18 Å². The molecule has 0 saturated carbocycles. The Bertz CT molecular complexity index is 685. The zero-order valence-electron chi connectivity index (χ0n) is 11.1. The Morgan fingerprint density at radius 1 is 1.05 bits per heavy atom. The Kier molecular flexibility index (Phi) is 4.08. The summed E-state index contributed by atoms with van der Waals surface area (Å²) >= 11 is 0. The van der Waals surface area contributed by atoms with E-state index in [9.17, 15) is 13.2 Å². The van der Waals surface area contributed by atoms with Gasteiger partial charge in [-0.05, 0) is 30.3 Å². The number of halogens is 3. The van der Waals surface area contributed by atoms with Crippen molar-refractivity contribution < 1.29 is 22.6 Å². The van der Waals surface area contributed by atoms with Crippen LogP contribution in [0.4, 0.5) is 13.2 Å². The first kappa shape index (κ1) is 14.8. The Morgan fingerprint density at radius 2 is 1.71 bits per heavy atom. The summed E-state index contributed by atoms with van der Waals surface area (Å²) in [6.45, 7) is 0. The molecule has 0 aliphatic carbocycles. The fourth-order valence-corrected chi connectivity index (χ4v) is 1.78. The quantitative estimate of drug-likeness (QED) is 0.776. The highest BCUT2D eigenvalue weighted by Gasteiger charge is 2.33. The highest BCUT2D eigenvalue weighted by molar-refractivity contribution is 5.48. The van der Waals surface area contributed by atoms with Crippen LogP contribution in [0.15, 0.2) is 42.5 Å². The minimum atomic E-state index is -4.54. The summed E-state index contributed by atoms with van der Waals surface area (Å²) < 4.78 is 49.3. The lowest BCUT2D eigenvalue weighted by atomic mass is 10.1. The van der Waals surface area contributed by atoms with Gasteiger partial charge in [0.15, 0.2) is 11.5 Å². The van der Waals surface area contributed by atoms with Gasteiger partial charge in [0.2, 0.25) is 0 Å². The molecule has 0 N–H and O–H groups in total. The normalized spacial score (nSPS) is 10.8. The monoisotopic (exact) mass is 292 g/mol. The number of ether oxygens (including phenoxy) is 2. The van der Waals surface area contributed by atoms with Crippen molar-refractivity contribution in [2.75, 3.05) is 7.11 Å². The molecule has 2 nitrogen and oxygen atoms in total. The maximum absolute atomic E-state index is 12.9. The van der Waals surface area contributed by atoms with Gasteiger partial charge >= 0.3 is 6.18 Å². The molecule has 2 rings (SSSR count). The number of hydrogen-bond acceptors (Lipinski definition) is 2. The molecule has 0 fully saturated rings. The first-order valence-electron chi connectivity index (χ1n) is 5.94. The van der Waals surface area contributed by atoms with Gasteiger partial charge < -0.3 is 9.47 Å². The Hall–Kier alpha value is -2.61. The molecule has 0 radical (unpaired) electrons. The molecular weight excluding hydrogens is 281 g/mol. The maximum atomic E-state index is 12.9. The van der Waals surface area contributed by atoms with E-state index in [0.717, 1.165) is 6.07 Å². The molecule has 0 saturated heterocycles. The molecule has 0 bridgehead atoms. The smallest absolute Gasteiger partial charge is 0.417 e. The van der Waals surface area contributed by atoms with Gasteiger partial charge in [0, 0.05) is 5.56 Å². The van der Waals surface area contributed by atoms with Gasteiger partial charge in [0.25, 0.3) is 0 Å². The molecule has 5 heteroatoms. The van der Waals surface area contributed by atoms with E-state index in [1.807, 2.05) is 5.92 Å². The van der Waals surface area contributed by atoms with E-state index in [1.165, 1.54) is 19.2 Å². The molecule has 0 atom stereocenters. The van der Waals surface area contributed by atoms with E-state index >= 15 is 0 Å². The van der Waals surface area contributed by atoms with Crippen molar-refractivity contribution in [1.82, 2.24) is 0 Å². The SMILES string of the molecule is C#Cc1ccc(Oc2ccccc2OC)cc1C(F)(F)F. The third kappa shape index (κ3) is 3.29. The maximum Gasteiger partial charge on any atom is 0.417 e. The molecule has 108 valence electrons. The third-order valence-corrected chi connectivity index (χ3v) is 2.75. The van der Waals surface area contributed by atoms with Crippen LogP contribution in [0.1, 0.15) is 11.1 Å². The van der Waals surface area contributed by atoms with Crippen LogP contribution >= 0.6 is 0 Å². The summed E-state index contributed by atoms with van der Waals surface area (Å²) in [5.41, 5.74) is -1.13. The molecule has 0 spiro atoms. The first-order chi connectivity index (χ1) is 9.95. The molecule has 0 unspecified atom stereocenters. The zero-order chi connectivity index (χ0) is 15.5. The summed E-state index contributed by atoms with van der Waals surface area (Å²) in [5, 5.41) is 0. The number of benzene rings is 2. The van der Waals surface area contributed by atoms with Gasteiger partial charge in [-0.3, -0.25) is 0 Å². The van der Waals surface area contributed by atoms with Gasteiger partial charge in [-0.25, -0.2) is 0 Å². The van der Waals surface area contributed by atoms with Gasteiger partial charge in [-0.2, -0.15) is 13.2 Å². The lowest BCUT2D eigenvalue weighted by Crippen LogP contribution is -2.08. The van der Waals surface area contributed by atoms with Crippen molar-refractivity contribution >= 4 is 0 Å². The van der Waals surface area contributed by atoms with Gasteiger partial charge in [0.1, 0.15) is 5.75 Å². The minimum absolute atomic E-state index is 0.0332. The molecule has 21 heavy (non-hydrogen) atoms. The van der Waals surface area contributed by atoms with E-state index in [1.54, 1.807) is 24.3 Å². The highest BCUT2D eigenvalue weighted by atomic mass is 19.4. The zero-order valence-corrected chi connectivity index (χ0v) is 11.1. The van der Waals surface area contributed by atoms with E-state index in [-0.39, 0.29) is 11.3 Å². The average Bonchev–Trinajstić information content (AvgIpc) is 2.47. The first-order valence-corrected chi connectivity index (χ1v) is 5.94. The molecule has 0 aromatic heterocycles. The fraction of sp³-hybridized carbons (Fsp3) is 0.125. The molecule has 0 aliphatic rings. The van der Waals surface area contributed by atoms with Crippen molar-refractivity contribution in [3.8, 4) is 29.6 Å². The van der Waals surface area contributed by atoms with Crippen LogP contribution in [0.3, 0.4) is 0 Å². The predicted molar refractivity (Wildman–Crippen MR) is 72.4 cm³/mol. The van der Waals surface area contributed by atoms with E-state index in [2.05, 4.69) is 0 Å². The summed E-state index contributed by atoms with van der Waals surface area (Å²) in [7, 11) is 1.45. The Morgan fingerprint density at radius 3 is 2.29 bits per heavy atom. The number of alkyl halides is 3. The van der Waals surface area contributed by atoms with Crippen molar-refractivity contribution in [2.45, 2.75) is 6.18 Å². The van der Waals surface area contributed by atoms with E-state index in [0.29, 0.717) is 11.5 Å². The summed E-state index contributed by atoms with van der Waals surface area (Å²) in [4.78, 5) is 0. The lowest BCUT2D eigenvalue weighted by molar-refractivity contribution is -0.137. The van der Waals surface area contributed by atoms with Crippen LogP contribution in [0.25, 0.3) is 0 Å². The van der Waals surface area contributed by atoms with Crippen LogP contribution in [-0.4, -0.2) is 7.11 Å². The fourth-order valence-electron chi connectivity index (χ4n) is 1.78. The van der Waals surface area contributed by atoms with E-state index in [4.69, 9.17) is 15.9 Å². The van der Waals surface area contributed by atoms with Crippen molar-refractivity contribution in [2.24, 2.45) is 0 Å². The number of para-hydroxylation sites is 2. The van der Waals surface area contributed by atoms with Gasteiger partial charge in [-0.1, -0.05) is 18.1 Å². The number of methoxy groups -OCH3 is 1. The second kappa shape index (κ2) is 5.80. The molecule has 0 heterocycles. The predicted octanol–water partition coefficient (Wildman–Crippen LogP) is 4.49. The number of rotatable bonds is 3. The Labute approximate surface area is 120 Å². The lowest BCUT2D eigenvalue weighted by Gasteiger charge is -2.13. The van der Waals surface area contributed by atoms with Crippen LogP contribution < -0.4 is 9.47 Å². The van der Waals surface area contributed by atoms with E-state index < -0.39 is 11.7 Å². The van der Waals surface area contributed by atoms with Gasteiger partial charge in [-0.15, -0.1) is 6.42 Å². The topological polar surface area (TPSA) is 18.5 Å². The second-order valence-electron chi connectivity index (χ2n) is 4.10. The third-order valence-electron chi connectivity index (χ3n) is 2.75. The molecule has 2 aromatic rings. The van der Waals surface area contributed by atoms with Crippen LogP contribution in [0.5, 0.6) is 17.2 Å². The molecule has 0 amide bonds. The van der Waals surface area contributed by atoms with Crippen LogP contribution in [0.2, 0.25) is 0 Å². The largest absolute Gasteiger partial charge is 0.493 e. The number of terminal acetylenes is 1. The average molecular weight is 292 g/mol. The summed E-state index contributed by atoms with van der Waals surface area (Å²) in [6.07, 6.45) is 0.545. The van der Waals surface area contributed by atoms with Crippen LogP contribution in [0, 0.1) is 12.3 Å². The molecule has 0 aliphatic heterocycles. The Balaban J connectivity index is 2.40. The van der Waals surface area contributed by atoms with Crippen molar-refractivity contribution in [3.05, 3.63) is 53.6 Å².